The number of ether oxygens (including phenoxy) is 2. The van der Waals surface area contributed by atoms with Crippen LogP contribution in [0, 0.1) is 17.8 Å². The molecular formula is C36H45N5O8. The highest BCUT2D eigenvalue weighted by Crippen LogP contribution is 2.41. The zero-order chi connectivity index (χ0) is 34.3. The highest BCUT2D eigenvalue weighted by atomic mass is 16.5. The fraction of sp³-hybridized carbons (Fsp3) is 0.556. The van der Waals surface area contributed by atoms with Crippen molar-refractivity contribution in [2.24, 2.45) is 22.9 Å². The Balaban J connectivity index is 0.847. The van der Waals surface area contributed by atoms with E-state index in [0.717, 1.165) is 5.56 Å². The first kappa shape index (κ1) is 34.7. The van der Waals surface area contributed by atoms with Gasteiger partial charge in [-0.05, 0) is 44.1 Å². The Morgan fingerprint density at radius 1 is 0.959 bits per heavy atom. The smallest absolute Gasteiger partial charge is 0.246 e. The highest BCUT2D eigenvalue weighted by Gasteiger charge is 2.50. The van der Waals surface area contributed by atoms with Crippen LogP contribution in [0.2, 0.25) is 0 Å². The van der Waals surface area contributed by atoms with Gasteiger partial charge in [-0.2, -0.15) is 5.10 Å². The molecule has 13 heteroatoms. The topological polar surface area (TPSA) is 167 Å². The van der Waals surface area contributed by atoms with E-state index < -0.39 is 24.0 Å². The lowest BCUT2D eigenvalue weighted by molar-refractivity contribution is -0.142. The van der Waals surface area contributed by atoms with E-state index in [-0.39, 0.29) is 54.8 Å². The van der Waals surface area contributed by atoms with E-state index in [1.807, 2.05) is 30.3 Å². The first-order valence-electron chi connectivity index (χ1n) is 17.4. The van der Waals surface area contributed by atoms with Crippen LogP contribution >= 0.6 is 0 Å². The molecule has 1 aromatic rings. The van der Waals surface area contributed by atoms with Crippen molar-refractivity contribution in [1.82, 2.24) is 20.5 Å². The summed E-state index contributed by atoms with van der Waals surface area (Å²) < 4.78 is 11.3. The maximum atomic E-state index is 13.3. The number of benzene rings is 1. The minimum Gasteiger partial charge on any atom is -0.385 e. The number of carbonyl (C=O) groups excluding carboxylic acids is 5. The Morgan fingerprint density at radius 3 is 2.47 bits per heavy atom. The monoisotopic (exact) mass is 675 g/mol. The molecule has 1 saturated carbocycles. The van der Waals surface area contributed by atoms with Gasteiger partial charge in [0, 0.05) is 55.0 Å². The van der Waals surface area contributed by atoms with E-state index in [2.05, 4.69) is 15.7 Å². The predicted molar refractivity (Wildman–Crippen MR) is 177 cm³/mol. The number of rotatable bonds is 13. The number of hydrazone groups is 1. The molecule has 0 radical (unpaired) electrons. The van der Waals surface area contributed by atoms with Crippen LogP contribution < -0.4 is 10.6 Å². The number of Topliss-reactive ketones (excluding diaryl/α,β-unsaturated/α-hetero) is 2. The number of ketones is 2. The number of hydrogen-bond donors (Lipinski definition) is 3. The Morgan fingerprint density at radius 2 is 1.71 bits per heavy atom. The van der Waals surface area contributed by atoms with Crippen LogP contribution in [0.15, 0.2) is 58.4 Å². The molecule has 3 fully saturated rings. The molecule has 0 aromatic heterocycles. The number of allylic oxidation sites excluding steroid dienone is 4. The number of nitrogens with one attached hydrogen (secondary N) is 2. The Bertz CT molecular complexity index is 1520. The standard InChI is InChI=1S/C36H45N5O8/c42-29-10-9-26(35(46)39-29)32-33(44)25-7-4-8-27(31(25)34(32)45)37-16-20-49-22-21-48-19-14-30(43)40-17-12-24(13-18-40)36(47)41-28(11-15-38-41)23-5-2-1-3-6-23/h1-3,5-7,15,24,26,28-29,32,37,42H,4,8-14,16-22H2,(H,39,46). The summed E-state index contributed by atoms with van der Waals surface area (Å²) in [6, 6.07) is 9.86. The lowest BCUT2D eigenvalue weighted by atomic mass is 9.82. The van der Waals surface area contributed by atoms with Gasteiger partial charge >= 0.3 is 0 Å². The maximum Gasteiger partial charge on any atom is 0.246 e. The lowest BCUT2D eigenvalue weighted by Crippen LogP contribution is -2.48. The first-order chi connectivity index (χ1) is 23.8. The van der Waals surface area contributed by atoms with Gasteiger partial charge in [0.2, 0.25) is 17.7 Å². The molecule has 0 bridgehead atoms. The van der Waals surface area contributed by atoms with Crippen molar-refractivity contribution in [3.05, 3.63) is 58.8 Å². The SMILES string of the molecule is O=C1NC(O)CCC1C1C(=O)C2=CCCC(NCCOCCOCCC(=O)N3CCC(C(=O)N4N=CCC4c4ccccc4)CC3)=C2C1=O. The number of piperidine rings is 2. The third kappa shape index (κ3) is 7.84. The van der Waals surface area contributed by atoms with Gasteiger partial charge in [0.05, 0.1) is 50.7 Å². The van der Waals surface area contributed by atoms with E-state index in [4.69, 9.17) is 9.47 Å². The first-order valence-corrected chi connectivity index (χ1v) is 17.4. The van der Waals surface area contributed by atoms with Crippen molar-refractivity contribution in [1.29, 1.82) is 0 Å². The third-order valence-electron chi connectivity index (χ3n) is 10.0. The average molecular weight is 676 g/mol. The van der Waals surface area contributed by atoms with Gasteiger partial charge in [-0.1, -0.05) is 36.4 Å². The second kappa shape index (κ2) is 16.0. The summed E-state index contributed by atoms with van der Waals surface area (Å²) in [6.45, 7) is 2.81. The summed E-state index contributed by atoms with van der Waals surface area (Å²) >= 11 is 0. The molecule has 262 valence electrons. The van der Waals surface area contributed by atoms with Crippen LogP contribution in [0.1, 0.15) is 63.0 Å². The number of aliphatic hydroxyl groups is 1. The normalized spacial score (nSPS) is 25.8. The van der Waals surface area contributed by atoms with Gasteiger partial charge in [-0.3, -0.25) is 24.0 Å². The molecule has 3 amide bonds. The summed E-state index contributed by atoms with van der Waals surface area (Å²) in [4.78, 5) is 66.7. The molecular weight excluding hydrogens is 630 g/mol. The highest BCUT2D eigenvalue weighted by molar-refractivity contribution is 6.31. The molecule has 3 aliphatic heterocycles. The van der Waals surface area contributed by atoms with Crippen LogP contribution in [-0.2, 0) is 33.4 Å². The van der Waals surface area contributed by atoms with Crippen molar-refractivity contribution >= 4 is 35.5 Å². The molecule has 2 aliphatic carbocycles. The number of fused-ring (bicyclic) bond motifs is 1. The second-order valence-corrected chi connectivity index (χ2v) is 13.1. The summed E-state index contributed by atoms with van der Waals surface area (Å²) in [5.74, 6) is -3.03. The molecule has 1 aromatic carbocycles. The summed E-state index contributed by atoms with van der Waals surface area (Å²) in [5, 5.41) is 21.4. The number of amides is 3. The molecule has 4 unspecified atom stereocenters. The van der Waals surface area contributed by atoms with Gasteiger partial charge in [-0.25, -0.2) is 5.01 Å². The number of aliphatic hydroxyl groups excluding tert-OH is 1. The Labute approximate surface area is 285 Å². The van der Waals surface area contributed by atoms with Crippen molar-refractivity contribution in [3.8, 4) is 0 Å². The second-order valence-electron chi connectivity index (χ2n) is 13.1. The molecule has 6 rings (SSSR count). The van der Waals surface area contributed by atoms with Crippen molar-refractivity contribution in [2.45, 2.75) is 63.6 Å². The Hall–Kier alpha value is -4.20. The number of carbonyl (C=O) groups is 5. The molecule has 4 atom stereocenters. The predicted octanol–water partition coefficient (Wildman–Crippen LogP) is 1.78. The maximum absolute atomic E-state index is 13.3. The van der Waals surface area contributed by atoms with Gasteiger partial charge in [0.1, 0.15) is 6.23 Å². The van der Waals surface area contributed by atoms with Crippen molar-refractivity contribution in [3.63, 3.8) is 0 Å². The molecule has 13 nitrogen and oxygen atoms in total. The quantitative estimate of drug-likeness (QED) is 0.209. The lowest BCUT2D eigenvalue weighted by Gasteiger charge is -2.34. The minimum atomic E-state index is -1.04. The molecule has 3 heterocycles. The van der Waals surface area contributed by atoms with Crippen LogP contribution in [-0.4, -0.2) is 103 Å². The third-order valence-corrected chi connectivity index (χ3v) is 10.0. The molecule has 2 saturated heterocycles. The van der Waals surface area contributed by atoms with Gasteiger partial charge in [0.15, 0.2) is 11.6 Å². The van der Waals surface area contributed by atoms with Gasteiger partial charge in [-0.15, -0.1) is 0 Å². The van der Waals surface area contributed by atoms with E-state index >= 15 is 0 Å². The minimum absolute atomic E-state index is 0.0108. The molecule has 3 N–H and O–H groups in total. The van der Waals surface area contributed by atoms with Crippen molar-refractivity contribution < 1.29 is 38.6 Å². The average Bonchev–Trinajstić information content (AvgIpc) is 3.71. The Kier molecular flexibility index (Phi) is 11.3. The van der Waals surface area contributed by atoms with Crippen LogP contribution in [0.4, 0.5) is 0 Å². The van der Waals surface area contributed by atoms with Crippen molar-refractivity contribution in [2.75, 3.05) is 46.1 Å². The summed E-state index contributed by atoms with van der Waals surface area (Å²) in [7, 11) is 0. The fourth-order valence-corrected chi connectivity index (χ4v) is 7.42. The molecule has 0 spiro atoms. The molecule has 5 aliphatic rings. The molecule has 49 heavy (non-hydrogen) atoms. The van der Waals surface area contributed by atoms with Crippen LogP contribution in [0.5, 0.6) is 0 Å². The van der Waals surface area contributed by atoms with E-state index in [9.17, 15) is 29.1 Å². The zero-order valence-corrected chi connectivity index (χ0v) is 27.7. The van der Waals surface area contributed by atoms with E-state index in [0.29, 0.717) is 94.8 Å². The summed E-state index contributed by atoms with van der Waals surface area (Å²) in [5.41, 5.74) is 2.53. The van der Waals surface area contributed by atoms with Gasteiger partial charge in [0.25, 0.3) is 0 Å². The van der Waals surface area contributed by atoms with E-state index in [1.165, 1.54) is 0 Å². The van der Waals surface area contributed by atoms with Gasteiger partial charge < -0.3 is 30.1 Å². The van der Waals surface area contributed by atoms with E-state index in [1.54, 1.807) is 22.2 Å². The van der Waals surface area contributed by atoms with Crippen LogP contribution in [0.3, 0.4) is 0 Å². The largest absolute Gasteiger partial charge is 0.385 e. The summed E-state index contributed by atoms with van der Waals surface area (Å²) in [6.07, 6.45) is 6.63. The number of hydrogen-bond acceptors (Lipinski definition) is 10. The van der Waals surface area contributed by atoms with Crippen LogP contribution in [0.25, 0.3) is 0 Å². The zero-order valence-electron chi connectivity index (χ0n) is 27.7. The fourth-order valence-electron chi connectivity index (χ4n) is 7.42. The number of likely N-dealkylation sites (tertiary alicyclic amines) is 1. The number of nitrogens with zero attached hydrogens (tertiary/aromatic N) is 3.